The van der Waals surface area contributed by atoms with Crippen molar-refractivity contribution in [3.8, 4) is 23.7 Å². The van der Waals surface area contributed by atoms with E-state index < -0.39 is 0 Å². The molecule has 0 aromatic heterocycles. The molecule has 2 saturated heterocycles. The Morgan fingerprint density at radius 3 is 2.51 bits per heavy atom. The van der Waals surface area contributed by atoms with Crippen LogP contribution < -0.4 is 0 Å². The molecule has 1 N–H and O–H groups in total. The molecule has 0 radical (unpaired) electrons. The summed E-state index contributed by atoms with van der Waals surface area (Å²) in [6.45, 7) is 5.94. The van der Waals surface area contributed by atoms with Gasteiger partial charge in [0.15, 0.2) is 12.6 Å². The number of ether oxygens (including phenoxy) is 4. The molecule has 0 aromatic rings. The van der Waals surface area contributed by atoms with Gasteiger partial charge in [-0.25, -0.2) is 0 Å². The van der Waals surface area contributed by atoms with Crippen LogP contribution in [0.4, 0.5) is 0 Å². The summed E-state index contributed by atoms with van der Waals surface area (Å²) in [6.07, 6.45) is 12.7. The van der Waals surface area contributed by atoms with Crippen LogP contribution in [-0.2, 0) is 18.9 Å². The largest absolute Gasteiger partial charge is 0.392 e. The zero-order valence-corrected chi connectivity index (χ0v) is 21.7. The molecular weight excluding hydrogens is 440 g/mol. The second-order valence-electron chi connectivity index (χ2n) is 10.6. The zero-order chi connectivity index (χ0) is 24.5. The fourth-order valence-corrected chi connectivity index (χ4v) is 6.03. The molecule has 2 saturated carbocycles. The van der Waals surface area contributed by atoms with Crippen LogP contribution in [0.5, 0.6) is 0 Å². The molecule has 4 aliphatic rings. The lowest BCUT2D eigenvalue weighted by atomic mass is 9.90. The van der Waals surface area contributed by atoms with Crippen LogP contribution >= 0.6 is 0 Å². The van der Waals surface area contributed by atoms with E-state index in [9.17, 15) is 5.11 Å². The van der Waals surface area contributed by atoms with E-state index >= 15 is 0 Å². The number of fused-ring (bicyclic) bond motifs is 1. The molecule has 5 heteroatoms. The number of aliphatic hydroxyl groups is 1. The van der Waals surface area contributed by atoms with Crippen LogP contribution in [0.15, 0.2) is 11.6 Å². The lowest BCUT2D eigenvalue weighted by molar-refractivity contribution is -0.192. The Morgan fingerprint density at radius 1 is 1.06 bits per heavy atom. The number of hydrogen-bond acceptors (Lipinski definition) is 5. The quantitative estimate of drug-likeness (QED) is 0.397. The third-order valence-electron chi connectivity index (χ3n) is 7.94. The molecule has 0 amide bonds. The van der Waals surface area contributed by atoms with Crippen LogP contribution in [0.2, 0.25) is 0 Å². The van der Waals surface area contributed by atoms with E-state index in [1.54, 1.807) is 0 Å². The van der Waals surface area contributed by atoms with Crippen molar-refractivity contribution in [1.82, 2.24) is 0 Å². The summed E-state index contributed by atoms with van der Waals surface area (Å²) < 4.78 is 24.8. The molecule has 0 aromatic carbocycles. The minimum Gasteiger partial charge on any atom is -0.392 e. The minimum absolute atomic E-state index is 0.0954. The van der Waals surface area contributed by atoms with E-state index in [0.717, 1.165) is 83.8 Å². The smallest absolute Gasteiger partial charge is 0.159 e. The SMILES string of the molecule is CCC#CC[C@@H](C)[C@@H](C#C[C@@H]1[C@H]2CC(=CCO)C[C@H]2C[C@H]1OC1CCCCO1)OC1CCCCO1. The Bertz CT molecular complexity index is 802. The lowest BCUT2D eigenvalue weighted by Crippen LogP contribution is -2.32. The maximum absolute atomic E-state index is 9.42. The maximum atomic E-state index is 9.42. The number of hydrogen-bond donors (Lipinski definition) is 1. The van der Waals surface area contributed by atoms with Crippen molar-refractivity contribution in [3.05, 3.63) is 11.6 Å². The van der Waals surface area contributed by atoms with Crippen LogP contribution in [0, 0.1) is 47.4 Å². The molecule has 2 aliphatic carbocycles. The van der Waals surface area contributed by atoms with Crippen molar-refractivity contribution >= 4 is 0 Å². The second kappa shape index (κ2) is 13.8. The van der Waals surface area contributed by atoms with Gasteiger partial charge >= 0.3 is 0 Å². The number of allylic oxidation sites excluding steroid dienone is 1. The summed E-state index contributed by atoms with van der Waals surface area (Å²) in [5.74, 6) is 15.1. The molecular formula is C30H44O5. The van der Waals surface area contributed by atoms with E-state index in [2.05, 4.69) is 37.5 Å². The van der Waals surface area contributed by atoms with Gasteiger partial charge in [0.05, 0.1) is 18.6 Å². The second-order valence-corrected chi connectivity index (χ2v) is 10.6. The minimum atomic E-state index is -0.205. The molecule has 5 nitrogen and oxygen atoms in total. The molecule has 2 aliphatic heterocycles. The summed E-state index contributed by atoms with van der Waals surface area (Å²) in [7, 11) is 0. The van der Waals surface area contributed by atoms with Crippen LogP contribution in [0.3, 0.4) is 0 Å². The molecule has 0 spiro atoms. The fraction of sp³-hybridized carbons (Fsp3) is 0.800. The summed E-state index contributed by atoms with van der Waals surface area (Å²) in [4.78, 5) is 0. The lowest BCUT2D eigenvalue weighted by Gasteiger charge is -2.29. The van der Waals surface area contributed by atoms with Gasteiger partial charge in [-0.3, -0.25) is 0 Å². The average Bonchev–Trinajstić information content (AvgIpc) is 3.40. The van der Waals surface area contributed by atoms with E-state index in [1.165, 1.54) is 5.57 Å². The highest BCUT2D eigenvalue weighted by Crippen LogP contribution is 2.51. The summed E-state index contributed by atoms with van der Waals surface area (Å²) in [6, 6.07) is 0. The van der Waals surface area contributed by atoms with Crippen molar-refractivity contribution in [2.45, 2.75) is 109 Å². The Balaban J connectivity index is 1.51. The Kier molecular flexibility index (Phi) is 10.6. The van der Waals surface area contributed by atoms with Gasteiger partial charge in [0, 0.05) is 32.0 Å². The molecule has 4 rings (SSSR count). The third kappa shape index (κ3) is 7.58. The molecule has 0 bridgehead atoms. The van der Waals surface area contributed by atoms with E-state index in [-0.39, 0.29) is 43.2 Å². The summed E-state index contributed by atoms with van der Waals surface area (Å²) in [5.41, 5.74) is 1.37. The van der Waals surface area contributed by atoms with Gasteiger partial charge in [0.25, 0.3) is 0 Å². The first-order valence-corrected chi connectivity index (χ1v) is 14.0. The Labute approximate surface area is 212 Å². The van der Waals surface area contributed by atoms with E-state index in [1.807, 2.05) is 6.08 Å². The maximum Gasteiger partial charge on any atom is 0.159 e. The molecule has 4 fully saturated rings. The fourth-order valence-electron chi connectivity index (χ4n) is 6.03. The Morgan fingerprint density at radius 2 is 1.83 bits per heavy atom. The Hall–Kier alpha value is -1.34. The van der Waals surface area contributed by atoms with Crippen LogP contribution in [0.1, 0.15) is 84.5 Å². The highest BCUT2D eigenvalue weighted by Gasteiger charge is 2.47. The zero-order valence-electron chi connectivity index (χ0n) is 21.7. The van der Waals surface area contributed by atoms with Gasteiger partial charge in [-0.05, 0) is 69.6 Å². The molecule has 35 heavy (non-hydrogen) atoms. The number of aliphatic hydroxyl groups excluding tert-OH is 1. The average molecular weight is 485 g/mol. The van der Waals surface area contributed by atoms with Gasteiger partial charge in [-0.1, -0.05) is 37.3 Å². The standard InChI is InChI=1S/C30H44O5/c1-3-4-5-10-22(2)27(34-29-11-6-8-17-32-29)14-13-25-26-20-23(15-16-31)19-24(26)21-28(25)35-30-12-7-9-18-33-30/h15,22,24-31H,3,6-12,16-21H2,1-2H3/t22-,24+,25-,26+,27-,28-,29?,30?/m1/s1. The monoisotopic (exact) mass is 484 g/mol. The van der Waals surface area contributed by atoms with Crippen LogP contribution in [0.25, 0.3) is 0 Å². The van der Waals surface area contributed by atoms with Crippen LogP contribution in [-0.4, -0.2) is 49.7 Å². The summed E-state index contributed by atoms with van der Waals surface area (Å²) >= 11 is 0. The van der Waals surface area contributed by atoms with Crippen molar-refractivity contribution in [1.29, 1.82) is 0 Å². The highest BCUT2D eigenvalue weighted by atomic mass is 16.7. The van der Waals surface area contributed by atoms with Crippen molar-refractivity contribution < 1.29 is 24.1 Å². The normalized spacial score (nSPS) is 35.5. The van der Waals surface area contributed by atoms with Crippen molar-refractivity contribution in [2.24, 2.45) is 23.7 Å². The van der Waals surface area contributed by atoms with E-state index in [4.69, 9.17) is 18.9 Å². The van der Waals surface area contributed by atoms with Gasteiger partial charge in [-0.2, -0.15) is 0 Å². The number of rotatable bonds is 7. The first kappa shape index (κ1) is 26.7. The molecule has 2 heterocycles. The molecule has 8 atom stereocenters. The first-order chi connectivity index (χ1) is 17.2. The van der Waals surface area contributed by atoms with Gasteiger partial charge in [0.1, 0.15) is 6.10 Å². The van der Waals surface area contributed by atoms with Crippen molar-refractivity contribution in [2.75, 3.05) is 19.8 Å². The first-order valence-electron chi connectivity index (χ1n) is 14.0. The molecule has 2 unspecified atom stereocenters. The predicted octanol–water partition coefficient (Wildman–Crippen LogP) is 5.22. The van der Waals surface area contributed by atoms with Gasteiger partial charge in [-0.15, -0.1) is 11.8 Å². The van der Waals surface area contributed by atoms with E-state index in [0.29, 0.717) is 11.8 Å². The van der Waals surface area contributed by atoms with Gasteiger partial charge in [0.2, 0.25) is 0 Å². The highest BCUT2D eigenvalue weighted by molar-refractivity contribution is 5.22. The van der Waals surface area contributed by atoms with Crippen molar-refractivity contribution in [3.63, 3.8) is 0 Å². The predicted molar refractivity (Wildman–Crippen MR) is 136 cm³/mol. The summed E-state index contributed by atoms with van der Waals surface area (Å²) in [5, 5.41) is 9.42. The van der Waals surface area contributed by atoms with Gasteiger partial charge < -0.3 is 24.1 Å². The third-order valence-corrected chi connectivity index (χ3v) is 7.94. The molecule has 194 valence electrons. The topological polar surface area (TPSA) is 57.2 Å².